The van der Waals surface area contributed by atoms with Gasteiger partial charge >= 0.3 is 5.97 Å². The zero-order chi connectivity index (χ0) is 15.2. The van der Waals surface area contributed by atoms with Crippen molar-refractivity contribution < 1.29 is 9.53 Å². The van der Waals surface area contributed by atoms with Gasteiger partial charge in [-0.15, -0.1) is 0 Å². The first kappa shape index (κ1) is 15.2. The molecule has 1 aliphatic rings. The molecule has 0 saturated heterocycles. The quantitative estimate of drug-likeness (QED) is 0.643. The fourth-order valence-electron chi connectivity index (χ4n) is 2.36. The molecule has 4 nitrogen and oxygen atoms in total. The Bertz CT molecular complexity index is 564. The van der Waals surface area contributed by atoms with Gasteiger partial charge in [-0.3, -0.25) is 0 Å². The molecule has 1 aromatic rings. The summed E-state index contributed by atoms with van der Waals surface area (Å²) in [4.78, 5) is 11.7. The average Bonchev–Trinajstić information content (AvgIpc) is 2.50. The molecular weight excluding hydrogens is 264 g/mol. The van der Waals surface area contributed by atoms with E-state index in [4.69, 9.17) is 10.5 Å². The van der Waals surface area contributed by atoms with Gasteiger partial charge in [0.05, 0.1) is 23.5 Å². The molecule has 0 radical (unpaired) electrons. The van der Waals surface area contributed by atoms with Crippen LogP contribution in [-0.2, 0) is 4.74 Å². The van der Waals surface area contributed by atoms with Gasteiger partial charge in [0.2, 0.25) is 0 Å². The highest BCUT2D eigenvalue weighted by molar-refractivity contribution is 5.91. The maximum absolute atomic E-state index is 11.7. The molecule has 0 bridgehead atoms. The number of allylic oxidation sites excluding steroid dienone is 3. The Morgan fingerprint density at radius 2 is 2.29 bits per heavy atom. The Morgan fingerprint density at radius 3 is 2.90 bits per heavy atom. The summed E-state index contributed by atoms with van der Waals surface area (Å²) in [5.74, 6) is 0.100. The lowest BCUT2D eigenvalue weighted by molar-refractivity contribution is 0.0526. The van der Waals surface area contributed by atoms with Crippen LogP contribution < -0.4 is 11.1 Å². The van der Waals surface area contributed by atoms with Crippen LogP contribution in [-0.4, -0.2) is 18.6 Å². The topological polar surface area (TPSA) is 64.3 Å². The van der Waals surface area contributed by atoms with E-state index in [1.54, 1.807) is 19.1 Å². The second kappa shape index (κ2) is 6.97. The van der Waals surface area contributed by atoms with Crippen molar-refractivity contribution in [3.05, 3.63) is 48.1 Å². The summed E-state index contributed by atoms with van der Waals surface area (Å²) < 4.78 is 4.97. The smallest absolute Gasteiger partial charge is 0.338 e. The summed E-state index contributed by atoms with van der Waals surface area (Å²) >= 11 is 0. The highest BCUT2D eigenvalue weighted by Gasteiger charge is 2.16. The van der Waals surface area contributed by atoms with Crippen molar-refractivity contribution in [2.45, 2.75) is 26.3 Å². The summed E-state index contributed by atoms with van der Waals surface area (Å²) in [6.45, 7) is 4.27. The zero-order valence-electron chi connectivity index (χ0n) is 12.5. The van der Waals surface area contributed by atoms with E-state index in [1.807, 2.05) is 6.07 Å². The van der Waals surface area contributed by atoms with E-state index < -0.39 is 0 Å². The van der Waals surface area contributed by atoms with Crippen molar-refractivity contribution in [1.82, 2.24) is 0 Å². The van der Waals surface area contributed by atoms with Crippen LogP contribution in [0.2, 0.25) is 0 Å². The minimum absolute atomic E-state index is 0.266. The van der Waals surface area contributed by atoms with Gasteiger partial charge in [-0.05, 0) is 38.5 Å². The second-order valence-electron chi connectivity index (χ2n) is 5.17. The second-order valence-corrected chi connectivity index (χ2v) is 5.17. The first-order chi connectivity index (χ1) is 10.1. The van der Waals surface area contributed by atoms with E-state index in [2.05, 4.69) is 36.5 Å². The number of hydrogen-bond acceptors (Lipinski definition) is 4. The Morgan fingerprint density at radius 1 is 1.48 bits per heavy atom. The minimum atomic E-state index is -0.343. The van der Waals surface area contributed by atoms with Gasteiger partial charge in [0.1, 0.15) is 0 Å². The first-order valence-electron chi connectivity index (χ1n) is 7.28. The van der Waals surface area contributed by atoms with Crippen LogP contribution in [0.15, 0.2) is 42.5 Å². The average molecular weight is 286 g/mol. The maximum Gasteiger partial charge on any atom is 0.338 e. The fourth-order valence-corrected chi connectivity index (χ4v) is 2.36. The normalized spacial score (nSPS) is 18.3. The summed E-state index contributed by atoms with van der Waals surface area (Å²) in [6, 6.07) is 5.49. The van der Waals surface area contributed by atoms with Crippen molar-refractivity contribution in [3.63, 3.8) is 0 Å². The largest absolute Gasteiger partial charge is 0.462 e. The van der Waals surface area contributed by atoms with Gasteiger partial charge in [-0.2, -0.15) is 0 Å². The van der Waals surface area contributed by atoms with E-state index in [-0.39, 0.29) is 12.0 Å². The van der Waals surface area contributed by atoms with Gasteiger partial charge in [0.25, 0.3) is 0 Å². The molecule has 4 heteroatoms. The van der Waals surface area contributed by atoms with Gasteiger partial charge in [0, 0.05) is 12.0 Å². The molecule has 0 aromatic heterocycles. The number of carbonyl (C=O) groups is 1. The van der Waals surface area contributed by atoms with Crippen molar-refractivity contribution in [2.75, 3.05) is 17.7 Å². The van der Waals surface area contributed by atoms with Crippen LogP contribution in [0.5, 0.6) is 0 Å². The van der Waals surface area contributed by atoms with E-state index in [0.717, 1.165) is 12.1 Å². The number of ether oxygens (including phenoxy) is 1. The van der Waals surface area contributed by atoms with Crippen molar-refractivity contribution >= 4 is 17.3 Å². The lowest BCUT2D eigenvalue weighted by Gasteiger charge is -2.24. The molecule has 0 heterocycles. The molecule has 0 amide bonds. The monoisotopic (exact) mass is 286 g/mol. The molecule has 1 aliphatic carbocycles. The number of hydrogen-bond donors (Lipinski definition) is 2. The SMILES string of the molecule is CCOC(=O)c1ccc(NC(C)C2C=CC=CC2)c(N)c1. The number of esters is 1. The number of nitrogens with one attached hydrogen (secondary N) is 1. The zero-order valence-corrected chi connectivity index (χ0v) is 12.5. The molecule has 0 aliphatic heterocycles. The Balaban J connectivity index is 2.05. The third-order valence-corrected chi connectivity index (χ3v) is 3.60. The molecule has 1 aromatic carbocycles. The van der Waals surface area contributed by atoms with Crippen LogP contribution in [0.4, 0.5) is 11.4 Å². The van der Waals surface area contributed by atoms with Gasteiger partial charge in [-0.1, -0.05) is 24.3 Å². The lowest BCUT2D eigenvalue weighted by atomic mass is 9.93. The highest BCUT2D eigenvalue weighted by atomic mass is 16.5. The van der Waals surface area contributed by atoms with Crippen LogP contribution in [0, 0.1) is 5.92 Å². The number of anilines is 2. The standard InChI is InChI=1S/C17H22N2O2/c1-3-21-17(20)14-9-10-16(15(18)11-14)19-12(2)13-7-5-4-6-8-13/h4-7,9-13,19H,3,8,18H2,1-2H3. The van der Waals surface area contributed by atoms with E-state index in [1.165, 1.54) is 0 Å². The van der Waals surface area contributed by atoms with Gasteiger partial charge in [-0.25, -0.2) is 4.79 Å². The number of benzene rings is 1. The summed E-state index contributed by atoms with van der Waals surface area (Å²) in [7, 11) is 0. The van der Waals surface area contributed by atoms with Crippen molar-refractivity contribution in [3.8, 4) is 0 Å². The fraction of sp³-hybridized carbons (Fsp3) is 0.353. The molecule has 21 heavy (non-hydrogen) atoms. The molecule has 2 unspecified atom stereocenters. The molecular formula is C17H22N2O2. The Kier molecular flexibility index (Phi) is 5.04. The predicted octanol–water partition coefficient (Wildman–Crippen LogP) is 3.38. The van der Waals surface area contributed by atoms with E-state index >= 15 is 0 Å². The van der Waals surface area contributed by atoms with Crippen LogP contribution in [0.25, 0.3) is 0 Å². The first-order valence-corrected chi connectivity index (χ1v) is 7.28. The predicted molar refractivity (Wildman–Crippen MR) is 86.3 cm³/mol. The highest BCUT2D eigenvalue weighted by Crippen LogP contribution is 2.25. The molecule has 0 spiro atoms. The third kappa shape index (κ3) is 3.88. The molecule has 3 N–H and O–H groups in total. The Labute approximate surface area is 125 Å². The molecule has 2 rings (SSSR count). The number of carbonyl (C=O) groups excluding carboxylic acids is 1. The van der Waals surface area contributed by atoms with Gasteiger partial charge < -0.3 is 15.8 Å². The maximum atomic E-state index is 11.7. The van der Waals surface area contributed by atoms with Crippen molar-refractivity contribution in [1.29, 1.82) is 0 Å². The molecule has 0 fully saturated rings. The summed E-state index contributed by atoms with van der Waals surface area (Å²) in [5.41, 5.74) is 7.91. The minimum Gasteiger partial charge on any atom is -0.462 e. The summed E-state index contributed by atoms with van der Waals surface area (Å²) in [6.07, 6.45) is 9.51. The molecule has 112 valence electrons. The van der Waals surface area contributed by atoms with E-state index in [9.17, 15) is 4.79 Å². The van der Waals surface area contributed by atoms with Crippen molar-refractivity contribution in [2.24, 2.45) is 5.92 Å². The number of nitrogen functional groups attached to an aromatic ring is 1. The molecule has 0 saturated carbocycles. The lowest BCUT2D eigenvalue weighted by Crippen LogP contribution is -2.25. The van der Waals surface area contributed by atoms with Crippen LogP contribution in [0.3, 0.4) is 0 Å². The third-order valence-electron chi connectivity index (χ3n) is 3.60. The Hall–Kier alpha value is -2.23. The summed E-state index contributed by atoms with van der Waals surface area (Å²) in [5, 5.41) is 3.42. The van der Waals surface area contributed by atoms with Crippen LogP contribution in [0.1, 0.15) is 30.6 Å². The number of rotatable bonds is 5. The molecule has 2 atom stereocenters. The van der Waals surface area contributed by atoms with E-state index in [0.29, 0.717) is 23.8 Å². The van der Waals surface area contributed by atoms with Gasteiger partial charge in [0.15, 0.2) is 0 Å². The van der Waals surface area contributed by atoms with Crippen LogP contribution >= 0.6 is 0 Å². The number of nitrogens with two attached hydrogens (primary N) is 1.